The van der Waals surface area contributed by atoms with Crippen molar-refractivity contribution in [3.05, 3.63) is 22.7 Å². The van der Waals surface area contributed by atoms with Crippen LogP contribution in [0.1, 0.15) is 43.0 Å². The Bertz CT molecular complexity index is 437. The zero-order valence-electron chi connectivity index (χ0n) is 11.0. The highest BCUT2D eigenvalue weighted by Crippen LogP contribution is 2.18. The summed E-state index contributed by atoms with van der Waals surface area (Å²) < 4.78 is 0. The van der Waals surface area contributed by atoms with Gasteiger partial charge in [0.15, 0.2) is 5.69 Å². The lowest BCUT2D eigenvalue weighted by atomic mass is 10.2. The Morgan fingerprint density at radius 1 is 1.50 bits per heavy atom. The van der Waals surface area contributed by atoms with Crippen molar-refractivity contribution in [1.29, 1.82) is 0 Å². The van der Waals surface area contributed by atoms with E-state index in [1.807, 2.05) is 13.8 Å². The third-order valence-corrected chi connectivity index (χ3v) is 3.00. The van der Waals surface area contributed by atoms with Crippen molar-refractivity contribution in [2.24, 2.45) is 0 Å². The fourth-order valence-corrected chi connectivity index (χ4v) is 1.47. The van der Waals surface area contributed by atoms with Crippen LogP contribution in [0.25, 0.3) is 0 Å². The van der Waals surface area contributed by atoms with Gasteiger partial charge in [0.25, 0.3) is 5.91 Å². The fraction of sp³-hybridized carbons (Fsp3) is 0.583. The highest BCUT2D eigenvalue weighted by atomic mass is 35.5. The average Bonchev–Trinajstić information content (AvgIpc) is 2.36. The molecule has 0 aromatic carbocycles. The van der Waals surface area contributed by atoms with Crippen LogP contribution in [0.15, 0.2) is 6.20 Å². The van der Waals surface area contributed by atoms with Gasteiger partial charge in [0.2, 0.25) is 0 Å². The lowest BCUT2D eigenvalue weighted by Crippen LogP contribution is -2.38. The third-order valence-electron chi connectivity index (χ3n) is 2.73. The maximum absolute atomic E-state index is 12.2. The molecule has 0 spiro atoms. The lowest BCUT2D eigenvalue weighted by Gasteiger charge is -2.23. The van der Waals surface area contributed by atoms with Gasteiger partial charge in [-0.25, -0.2) is 9.97 Å². The largest absolute Gasteiger partial charge is 0.394 e. The van der Waals surface area contributed by atoms with E-state index in [2.05, 4.69) is 9.97 Å². The predicted octanol–water partition coefficient (Wildman–Crippen LogP) is 1.71. The van der Waals surface area contributed by atoms with Gasteiger partial charge in [0.05, 0.1) is 23.9 Å². The van der Waals surface area contributed by atoms with Crippen LogP contribution < -0.4 is 0 Å². The number of likely N-dealkylation sites (N-methyl/N-ethyl adjacent to an activating group) is 1. The molecule has 0 fully saturated rings. The monoisotopic (exact) mass is 271 g/mol. The molecular weight excluding hydrogens is 254 g/mol. The first kappa shape index (κ1) is 14.9. The van der Waals surface area contributed by atoms with Crippen molar-refractivity contribution in [2.75, 3.05) is 13.7 Å². The van der Waals surface area contributed by atoms with Crippen LogP contribution in [-0.4, -0.2) is 45.6 Å². The molecule has 0 aliphatic rings. The Morgan fingerprint density at radius 3 is 2.61 bits per heavy atom. The van der Waals surface area contributed by atoms with Gasteiger partial charge in [-0.15, -0.1) is 0 Å². The van der Waals surface area contributed by atoms with Gasteiger partial charge in [-0.3, -0.25) is 4.79 Å². The summed E-state index contributed by atoms with van der Waals surface area (Å²) >= 11 is 5.95. The Morgan fingerprint density at radius 2 is 2.11 bits per heavy atom. The summed E-state index contributed by atoms with van der Waals surface area (Å²) in [5.74, 6) is 0.382. The van der Waals surface area contributed by atoms with Crippen LogP contribution >= 0.6 is 11.6 Å². The Hall–Kier alpha value is -1.20. The Balaban J connectivity index is 3.08. The zero-order chi connectivity index (χ0) is 13.9. The molecule has 1 rings (SSSR count). The number of carbonyl (C=O) groups is 1. The number of aliphatic hydroxyl groups excluding tert-OH is 1. The summed E-state index contributed by atoms with van der Waals surface area (Å²) in [7, 11) is 1.61. The molecule has 0 aliphatic heterocycles. The number of aromatic nitrogens is 2. The number of amides is 1. The molecule has 1 amide bonds. The molecule has 0 bridgehead atoms. The number of hydrogen-bond acceptors (Lipinski definition) is 4. The molecule has 18 heavy (non-hydrogen) atoms. The van der Waals surface area contributed by atoms with E-state index in [1.165, 1.54) is 11.1 Å². The van der Waals surface area contributed by atoms with E-state index >= 15 is 0 Å². The van der Waals surface area contributed by atoms with Crippen LogP contribution in [0.3, 0.4) is 0 Å². The molecule has 6 heteroatoms. The van der Waals surface area contributed by atoms with E-state index in [9.17, 15) is 4.79 Å². The van der Waals surface area contributed by atoms with Crippen molar-refractivity contribution in [1.82, 2.24) is 14.9 Å². The molecule has 1 aromatic heterocycles. The number of rotatable bonds is 4. The molecular formula is C12H18ClN3O2. The van der Waals surface area contributed by atoms with Gasteiger partial charge >= 0.3 is 0 Å². The summed E-state index contributed by atoms with van der Waals surface area (Å²) in [5.41, 5.74) is 0.179. The summed E-state index contributed by atoms with van der Waals surface area (Å²) in [6.07, 6.45) is 1.44. The van der Waals surface area contributed by atoms with Gasteiger partial charge in [0.1, 0.15) is 5.82 Å². The summed E-state index contributed by atoms with van der Waals surface area (Å²) in [4.78, 5) is 21.9. The molecule has 5 nitrogen and oxygen atoms in total. The van der Waals surface area contributed by atoms with E-state index in [1.54, 1.807) is 14.0 Å². The normalized spacial score (nSPS) is 12.6. The zero-order valence-corrected chi connectivity index (χ0v) is 11.8. The van der Waals surface area contributed by atoms with Crippen LogP contribution in [0.5, 0.6) is 0 Å². The second-order valence-electron chi connectivity index (χ2n) is 4.53. The number of hydrogen-bond donors (Lipinski definition) is 1. The first-order valence-corrected chi connectivity index (χ1v) is 6.16. The number of nitrogens with zero attached hydrogens (tertiary/aromatic N) is 3. The smallest absolute Gasteiger partial charge is 0.274 e. The van der Waals surface area contributed by atoms with E-state index in [0.717, 1.165) is 0 Å². The number of aliphatic hydroxyl groups is 1. The van der Waals surface area contributed by atoms with Crippen molar-refractivity contribution in [3.63, 3.8) is 0 Å². The van der Waals surface area contributed by atoms with Crippen molar-refractivity contribution >= 4 is 17.5 Å². The van der Waals surface area contributed by atoms with Crippen LogP contribution in [0, 0.1) is 0 Å². The Kier molecular flexibility index (Phi) is 5.04. The van der Waals surface area contributed by atoms with Crippen molar-refractivity contribution in [3.8, 4) is 0 Å². The first-order valence-electron chi connectivity index (χ1n) is 5.79. The van der Waals surface area contributed by atoms with Gasteiger partial charge < -0.3 is 10.0 Å². The van der Waals surface area contributed by atoms with Gasteiger partial charge in [-0.1, -0.05) is 25.4 Å². The molecule has 1 heterocycles. The first-order chi connectivity index (χ1) is 8.38. The summed E-state index contributed by atoms with van der Waals surface area (Å²) in [5, 5.41) is 9.28. The number of carbonyl (C=O) groups excluding carboxylic acids is 1. The molecule has 0 radical (unpaired) electrons. The van der Waals surface area contributed by atoms with Crippen LogP contribution in [0.2, 0.25) is 5.02 Å². The quantitative estimate of drug-likeness (QED) is 0.905. The second kappa shape index (κ2) is 6.11. The standard InChI is InChI=1S/C12H18ClN3O2/c1-7(2)11-14-5-9(13)10(15-11)12(18)16(4)8(3)6-17/h5,7-8,17H,6H2,1-4H3. The predicted molar refractivity (Wildman–Crippen MR) is 69.8 cm³/mol. The van der Waals surface area contributed by atoms with E-state index in [4.69, 9.17) is 16.7 Å². The lowest BCUT2D eigenvalue weighted by molar-refractivity contribution is 0.0676. The van der Waals surface area contributed by atoms with E-state index < -0.39 is 0 Å². The van der Waals surface area contributed by atoms with E-state index in [0.29, 0.717) is 5.82 Å². The molecule has 0 saturated heterocycles. The van der Waals surface area contributed by atoms with Gasteiger partial charge in [-0.2, -0.15) is 0 Å². The van der Waals surface area contributed by atoms with Gasteiger partial charge in [-0.05, 0) is 6.92 Å². The summed E-state index contributed by atoms with van der Waals surface area (Å²) in [6.45, 7) is 5.52. The minimum Gasteiger partial charge on any atom is -0.394 e. The maximum atomic E-state index is 12.2. The highest BCUT2D eigenvalue weighted by Gasteiger charge is 2.22. The topological polar surface area (TPSA) is 66.3 Å². The Labute approximate surface area is 112 Å². The minimum absolute atomic E-state index is 0.109. The fourth-order valence-electron chi connectivity index (χ4n) is 1.30. The molecule has 100 valence electrons. The third kappa shape index (κ3) is 3.17. The molecule has 0 aliphatic carbocycles. The minimum atomic E-state index is -0.314. The molecule has 1 N–H and O–H groups in total. The van der Waals surface area contributed by atoms with Crippen molar-refractivity contribution in [2.45, 2.75) is 32.7 Å². The molecule has 1 unspecified atom stereocenters. The maximum Gasteiger partial charge on any atom is 0.274 e. The van der Waals surface area contributed by atoms with Crippen LogP contribution in [-0.2, 0) is 0 Å². The highest BCUT2D eigenvalue weighted by molar-refractivity contribution is 6.33. The molecule has 1 atom stereocenters. The second-order valence-corrected chi connectivity index (χ2v) is 4.93. The number of halogens is 1. The SMILES string of the molecule is CC(C)c1ncc(Cl)c(C(=O)N(C)C(C)CO)n1. The molecule has 0 saturated carbocycles. The van der Waals surface area contributed by atoms with Crippen LogP contribution in [0.4, 0.5) is 0 Å². The molecule has 1 aromatic rings. The summed E-state index contributed by atoms with van der Waals surface area (Å²) in [6, 6.07) is -0.286. The van der Waals surface area contributed by atoms with Gasteiger partial charge in [0, 0.05) is 13.0 Å². The van der Waals surface area contributed by atoms with E-state index in [-0.39, 0.29) is 35.2 Å². The average molecular weight is 272 g/mol. The van der Waals surface area contributed by atoms with Crippen molar-refractivity contribution < 1.29 is 9.90 Å².